The molecule has 3 N–H and O–H groups in total. The molecular weight excluding hydrogens is 468 g/mol. The van der Waals surface area contributed by atoms with Crippen LogP contribution in [0.3, 0.4) is 0 Å². The number of fused-ring (bicyclic) bond motifs is 1. The van der Waals surface area contributed by atoms with Crippen molar-refractivity contribution in [2.45, 2.75) is 6.92 Å². The van der Waals surface area contributed by atoms with Crippen LogP contribution in [0.1, 0.15) is 15.9 Å². The van der Waals surface area contributed by atoms with Crippen molar-refractivity contribution in [1.82, 2.24) is 24.9 Å². The standard InChI is InChI=1S/C27H24N8O2/c1-16-6-7-20-19(8-10-31-25(20)34-18-11-17(13-29-14-18)27(36)37-3)24(16)35-26-21(5-4-9-30-26)22-12-23(28-2)33-15-32-22/h4-15H,1-3H3,(H,30,35)(H,31,34)(H,28,32,33). The van der Waals surface area contributed by atoms with E-state index in [0.29, 0.717) is 28.7 Å². The zero-order chi connectivity index (χ0) is 25.8. The van der Waals surface area contributed by atoms with Crippen LogP contribution < -0.4 is 16.0 Å². The highest BCUT2D eigenvalue weighted by Crippen LogP contribution is 2.35. The summed E-state index contributed by atoms with van der Waals surface area (Å²) in [4.78, 5) is 33.9. The van der Waals surface area contributed by atoms with Crippen LogP contribution in [0.5, 0.6) is 0 Å². The van der Waals surface area contributed by atoms with Gasteiger partial charge in [0.2, 0.25) is 0 Å². The van der Waals surface area contributed by atoms with E-state index in [1.165, 1.54) is 19.6 Å². The molecule has 0 aliphatic rings. The number of hydrogen-bond donors (Lipinski definition) is 3. The van der Waals surface area contributed by atoms with E-state index in [2.05, 4.69) is 40.9 Å². The number of pyridine rings is 3. The molecule has 0 unspecified atom stereocenters. The minimum Gasteiger partial charge on any atom is -0.465 e. The molecule has 5 rings (SSSR count). The van der Waals surface area contributed by atoms with E-state index in [1.54, 1.807) is 24.7 Å². The fourth-order valence-electron chi connectivity index (χ4n) is 3.98. The number of benzene rings is 1. The Morgan fingerprint density at radius 3 is 2.59 bits per heavy atom. The summed E-state index contributed by atoms with van der Waals surface area (Å²) < 4.78 is 4.80. The molecule has 0 radical (unpaired) electrons. The van der Waals surface area contributed by atoms with Crippen LogP contribution in [-0.2, 0) is 4.74 Å². The van der Waals surface area contributed by atoms with Crippen LogP contribution in [-0.4, -0.2) is 45.0 Å². The van der Waals surface area contributed by atoms with Gasteiger partial charge in [0.05, 0.1) is 35.9 Å². The molecule has 0 fully saturated rings. The van der Waals surface area contributed by atoms with Gasteiger partial charge in [0, 0.05) is 48.0 Å². The van der Waals surface area contributed by atoms with E-state index in [-0.39, 0.29) is 0 Å². The molecule has 0 amide bonds. The first-order valence-electron chi connectivity index (χ1n) is 11.5. The molecule has 4 heterocycles. The molecule has 0 spiro atoms. The molecule has 1 aromatic carbocycles. The zero-order valence-electron chi connectivity index (χ0n) is 20.5. The molecule has 10 nitrogen and oxygen atoms in total. The molecule has 4 aromatic heterocycles. The summed E-state index contributed by atoms with van der Waals surface area (Å²) in [5.74, 6) is 1.55. The van der Waals surface area contributed by atoms with E-state index >= 15 is 0 Å². The quantitative estimate of drug-likeness (QED) is 0.264. The number of nitrogens with zero attached hydrogens (tertiary/aromatic N) is 5. The smallest absolute Gasteiger partial charge is 0.339 e. The number of carbonyl (C=O) groups excluding carboxylic acids is 1. The summed E-state index contributed by atoms with van der Waals surface area (Å²) in [6.07, 6.45) is 8.08. The fraction of sp³-hybridized carbons (Fsp3) is 0.111. The number of esters is 1. The fourth-order valence-corrected chi connectivity index (χ4v) is 3.98. The number of aryl methyl sites for hydroxylation is 1. The Morgan fingerprint density at radius 2 is 1.76 bits per heavy atom. The second-order valence-electron chi connectivity index (χ2n) is 8.15. The maximum atomic E-state index is 11.9. The van der Waals surface area contributed by atoms with Gasteiger partial charge in [-0.1, -0.05) is 12.1 Å². The van der Waals surface area contributed by atoms with Crippen molar-refractivity contribution >= 4 is 45.6 Å². The maximum absolute atomic E-state index is 11.9. The van der Waals surface area contributed by atoms with Crippen LogP contribution >= 0.6 is 0 Å². The van der Waals surface area contributed by atoms with Crippen molar-refractivity contribution in [3.05, 3.63) is 84.7 Å². The highest BCUT2D eigenvalue weighted by Gasteiger charge is 2.14. The Kier molecular flexibility index (Phi) is 6.54. The number of methoxy groups -OCH3 is 1. The molecule has 0 saturated carbocycles. The Balaban J connectivity index is 1.54. The van der Waals surface area contributed by atoms with Crippen LogP contribution in [0.2, 0.25) is 0 Å². The lowest BCUT2D eigenvalue weighted by Gasteiger charge is -2.17. The first-order valence-corrected chi connectivity index (χ1v) is 11.5. The van der Waals surface area contributed by atoms with Crippen molar-refractivity contribution in [3.63, 3.8) is 0 Å². The van der Waals surface area contributed by atoms with Crippen molar-refractivity contribution in [1.29, 1.82) is 0 Å². The molecule has 10 heteroatoms. The van der Waals surface area contributed by atoms with Gasteiger partial charge in [-0.25, -0.2) is 24.7 Å². The lowest BCUT2D eigenvalue weighted by molar-refractivity contribution is 0.0600. The second kappa shape index (κ2) is 10.2. The first kappa shape index (κ1) is 23.6. The maximum Gasteiger partial charge on any atom is 0.339 e. The molecule has 0 bridgehead atoms. The van der Waals surface area contributed by atoms with Gasteiger partial charge < -0.3 is 20.7 Å². The van der Waals surface area contributed by atoms with Crippen molar-refractivity contribution in [2.75, 3.05) is 30.1 Å². The number of carbonyl (C=O) groups is 1. The topological polar surface area (TPSA) is 127 Å². The Labute approximate surface area is 213 Å². The molecule has 184 valence electrons. The van der Waals surface area contributed by atoms with Crippen LogP contribution in [0, 0.1) is 6.92 Å². The summed E-state index contributed by atoms with van der Waals surface area (Å²) in [7, 11) is 3.15. The molecule has 0 aliphatic heterocycles. The van der Waals surface area contributed by atoms with Crippen molar-refractivity contribution in [3.8, 4) is 11.3 Å². The van der Waals surface area contributed by atoms with E-state index in [9.17, 15) is 4.79 Å². The summed E-state index contributed by atoms with van der Waals surface area (Å²) in [5, 5.41) is 11.7. The van der Waals surface area contributed by atoms with E-state index in [0.717, 1.165) is 33.3 Å². The lowest BCUT2D eigenvalue weighted by atomic mass is 10.0. The third-order valence-electron chi connectivity index (χ3n) is 5.83. The Hall–Kier alpha value is -5.12. The predicted molar refractivity (Wildman–Crippen MR) is 143 cm³/mol. The summed E-state index contributed by atoms with van der Waals surface area (Å²) in [5.41, 5.74) is 4.49. The van der Waals surface area contributed by atoms with Gasteiger partial charge in [-0.2, -0.15) is 0 Å². The SMILES string of the molecule is CNc1cc(-c2cccnc2Nc2c(C)ccc3c(Nc4cncc(C(=O)OC)c4)nccc23)ncn1. The van der Waals surface area contributed by atoms with Crippen LogP contribution in [0.4, 0.5) is 28.8 Å². The van der Waals surface area contributed by atoms with Crippen molar-refractivity contribution < 1.29 is 9.53 Å². The van der Waals surface area contributed by atoms with Gasteiger partial charge in [0.1, 0.15) is 23.8 Å². The monoisotopic (exact) mass is 492 g/mol. The van der Waals surface area contributed by atoms with E-state index in [4.69, 9.17) is 4.74 Å². The molecule has 0 atom stereocenters. The number of rotatable bonds is 7. The molecule has 0 saturated heterocycles. The summed E-state index contributed by atoms with van der Waals surface area (Å²) in [6.45, 7) is 2.03. The average Bonchev–Trinajstić information content (AvgIpc) is 2.94. The average molecular weight is 493 g/mol. The highest BCUT2D eigenvalue weighted by atomic mass is 16.5. The van der Waals surface area contributed by atoms with Gasteiger partial charge in [-0.15, -0.1) is 0 Å². The molecule has 0 aliphatic carbocycles. The summed E-state index contributed by atoms with van der Waals surface area (Å²) in [6, 6.07) is 13.4. The number of nitrogens with one attached hydrogen (secondary N) is 3. The van der Waals surface area contributed by atoms with Crippen LogP contribution in [0.25, 0.3) is 22.0 Å². The summed E-state index contributed by atoms with van der Waals surface area (Å²) >= 11 is 0. The number of ether oxygens (including phenoxy) is 1. The molecule has 5 aromatic rings. The minimum atomic E-state index is -0.458. The molecular formula is C27H24N8O2. The first-order chi connectivity index (χ1) is 18.1. The van der Waals surface area contributed by atoms with Crippen molar-refractivity contribution in [2.24, 2.45) is 0 Å². The van der Waals surface area contributed by atoms with Gasteiger partial charge in [0.25, 0.3) is 0 Å². The third-order valence-corrected chi connectivity index (χ3v) is 5.83. The van der Waals surface area contributed by atoms with Crippen LogP contribution in [0.15, 0.2) is 73.6 Å². The number of anilines is 5. The molecule has 37 heavy (non-hydrogen) atoms. The van der Waals surface area contributed by atoms with E-state index < -0.39 is 5.97 Å². The highest BCUT2D eigenvalue weighted by molar-refractivity contribution is 6.03. The van der Waals surface area contributed by atoms with Gasteiger partial charge in [-0.3, -0.25) is 4.98 Å². The number of aromatic nitrogens is 5. The van der Waals surface area contributed by atoms with E-state index in [1.807, 2.05) is 50.4 Å². The third kappa shape index (κ3) is 4.85. The minimum absolute atomic E-state index is 0.347. The zero-order valence-corrected chi connectivity index (χ0v) is 20.5. The van der Waals surface area contributed by atoms with Gasteiger partial charge in [0.15, 0.2) is 0 Å². The Morgan fingerprint density at radius 1 is 0.892 bits per heavy atom. The van der Waals surface area contributed by atoms with Gasteiger partial charge in [-0.05, 0) is 36.8 Å². The predicted octanol–water partition coefficient (Wildman–Crippen LogP) is 5.11. The largest absolute Gasteiger partial charge is 0.465 e. The number of hydrogen-bond acceptors (Lipinski definition) is 10. The second-order valence-corrected chi connectivity index (χ2v) is 8.15. The Bertz CT molecular complexity index is 1610. The van der Waals surface area contributed by atoms with Gasteiger partial charge >= 0.3 is 5.97 Å². The lowest BCUT2D eigenvalue weighted by Crippen LogP contribution is -2.04. The normalized spacial score (nSPS) is 10.7.